The van der Waals surface area contributed by atoms with Crippen molar-refractivity contribution < 1.29 is 19.1 Å². The number of ether oxygens (including phenoxy) is 2. The van der Waals surface area contributed by atoms with E-state index in [1.807, 2.05) is 0 Å². The quantitative estimate of drug-likeness (QED) is 0.351. The van der Waals surface area contributed by atoms with Crippen LogP contribution in [-0.4, -0.2) is 45.2 Å². The lowest BCUT2D eigenvalue weighted by molar-refractivity contribution is -0.125. The first-order valence-corrected chi connectivity index (χ1v) is 16.3. The highest BCUT2D eigenvalue weighted by molar-refractivity contribution is 6.83. The number of rotatable bonds is 8. The predicted molar refractivity (Wildman–Crippen MR) is 146 cm³/mol. The van der Waals surface area contributed by atoms with Crippen LogP contribution in [0.5, 0.6) is 11.5 Å². The van der Waals surface area contributed by atoms with Crippen molar-refractivity contribution in [1.82, 2.24) is 10.6 Å². The van der Waals surface area contributed by atoms with E-state index in [0.717, 1.165) is 25.7 Å². The molecule has 36 heavy (non-hydrogen) atoms. The van der Waals surface area contributed by atoms with Gasteiger partial charge >= 0.3 is 0 Å². The first-order chi connectivity index (χ1) is 17.1. The van der Waals surface area contributed by atoms with Crippen molar-refractivity contribution >= 4 is 43.1 Å². The molecule has 0 aliphatic heterocycles. The van der Waals surface area contributed by atoms with Gasteiger partial charge in [0.05, 0.1) is 5.02 Å². The second kappa shape index (κ2) is 13.0. The molecule has 0 saturated heterocycles. The van der Waals surface area contributed by atoms with Crippen LogP contribution in [-0.2, 0) is 9.59 Å². The van der Waals surface area contributed by atoms with Crippen LogP contribution in [0.15, 0.2) is 42.5 Å². The van der Waals surface area contributed by atoms with E-state index in [-0.39, 0.29) is 37.1 Å². The fourth-order valence-corrected chi connectivity index (χ4v) is 4.49. The van der Waals surface area contributed by atoms with Crippen LogP contribution in [0.25, 0.3) is 0 Å². The van der Waals surface area contributed by atoms with Gasteiger partial charge in [0, 0.05) is 22.7 Å². The molecule has 1 fully saturated rings. The molecule has 0 unspecified atom stereocenters. The summed E-state index contributed by atoms with van der Waals surface area (Å²) in [6.45, 7) is 6.36. The lowest BCUT2D eigenvalue weighted by Gasteiger charge is -2.29. The SMILES string of the molecule is C[Si](C)(C)C#Cc1cc(OCC(=O)NC2CCC(NC(=O)COc3ccc(Cl)cc3)CC2)ccc1Cl. The van der Waals surface area contributed by atoms with Gasteiger partial charge in [-0.05, 0) is 68.1 Å². The Kier molecular flexibility index (Phi) is 10.1. The smallest absolute Gasteiger partial charge is 0.258 e. The standard InChI is InChI=1S/C27H32Cl2N2O4Si/c1-36(2,3)15-14-19-16-24(12-13-25(19)29)35-18-27(33)31-22-8-6-21(7-9-22)30-26(32)17-34-23-10-4-20(28)5-11-23/h4-5,10-13,16,21-22H,6-9,17-18H2,1-3H3,(H,30,32)(H,31,33). The molecule has 2 aromatic rings. The van der Waals surface area contributed by atoms with E-state index in [2.05, 4.69) is 41.7 Å². The van der Waals surface area contributed by atoms with E-state index in [4.69, 9.17) is 32.7 Å². The molecule has 1 aliphatic carbocycles. The van der Waals surface area contributed by atoms with Crippen LogP contribution in [0, 0.1) is 11.5 Å². The molecule has 0 aromatic heterocycles. The van der Waals surface area contributed by atoms with E-state index in [1.165, 1.54) is 0 Å². The van der Waals surface area contributed by atoms with E-state index in [1.54, 1.807) is 42.5 Å². The number of amides is 2. The predicted octanol–water partition coefficient (Wildman–Crippen LogP) is 5.22. The van der Waals surface area contributed by atoms with Gasteiger partial charge in [-0.1, -0.05) is 48.8 Å². The molecular weight excluding hydrogens is 515 g/mol. The van der Waals surface area contributed by atoms with Gasteiger partial charge in [0.2, 0.25) is 0 Å². The van der Waals surface area contributed by atoms with Crippen LogP contribution in [0.4, 0.5) is 0 Å². The summed E-state index contributed by atoms with van der Waals surface area (Å²) in [6.07, 6.45) is 3.14. The Bertz CT molecular complexity index is 1120. The summed E-state index contributed by atoms with van der Waals surface area (Å²) in [5, 5.41) is 7.21. The molecule has 0 heterocycles. The molecule has 0 radical (unpaired) electrons. The van der Waals surface area contributed by atoms with Gasteiger partial charge in [0.1, 0.15) is 19.6 Å². The average Bonchev–Trinajstić information content (AvgIpc) is 2.83. The van der Waals surface area contributed by atoms with Gasteiger partial charge in [0.25, 0.3) is 11.8 Å². The number of hydrogen-bond acceptors (Lipinski definition) is 4. The second-order valence-electron chi connectivity index (χ2n) is 9.86. The third-order valence-electron chi connectivity index (χ3n) is 5.52. The summed E-state index contributed by atoms with van der Waals surface area (Å²) in [4.78, 5) is 24.6. The normalized spacial score (nSPS) is 17.4. The van der Waals surface area contributed by atoms with Gasteiger partial charge in [-0.15, -0.1) is 5.54 Å². The molecule has 192 valence electrons. The number of carbonyl (C=O) groups excluding carboxylic acids is 2. The summed E-state index contributed by atoms with van der Waals surface area (Å²) in [7, 11) is -1.53. The maximum atomic E-state index is 12.4. The van der Waals surface area contributed by atoms with Gasteiger partial charge in [-0.3, -0.25) is 9.59 Å². The lowest BCUT2D eigenvalue weighted by atomic mass is 9.91. The first-order valence-electron chi connectivity index (χ1n) is 12.0. The minimum Gasteiger partial charge on any atom is -0.484 e. The Hall–Kier alpha value is -2.66. The van der Waals surface area contributed by atoms with Crippen molar-refractivity contribution in [2.45, 2.75) is 57.4 Å². The van der Waals surface area contributed by atoms with Crippen LogP contribution in [0.3, 0.4) is 0 Å². The van der Waals surface area contributed by atoms with E-state index in [0.29, 0.717) is 27.1 Å². The van der Waals surface area contributed by atoms with Crippen molar-refractivity contribution in [3.05, 3.63) is 58.1 Å². The highest BCUT2D eigenvalue weighted by Crippen LogP contribution is 2.22. The van der Waals surface area contributed by atoms with Crippen LogP contribution < -0.4 is 20.1 Å². The van der Waals surface area contributed by atoms with Gasteiger partial charge in [-0.2, -0.15) is 0 Å². The minimum atomic E-state index is -1.53. The number of carbonyl (C=O) groups is 2. The molecule has 0 atom stereocenters. The average molecular weight is 548 g/mol. The summed E-state index contributed by atoms with van der Waals surface area (Å²) < 4.78 is 11.2. The molecule has 3 rings (SSSR count). The number of nitrogens with one attached hydrogen (secondary N) is 2. The van der Waals surface area contributed by atoms with Gasteiger partial charge < -0.3 is 20.1 Å². The molecule has 1 saturated carbocycles. The fraction of sp³-hybridized carbons (Fsp3) is 0.407. The Morgan fingerprint density at radius 1 is 0.861 bits per heavy atom. The molecule has 0 bridgehead atoms. The summed E-state index contributed by atoms with van der Waals surface area (Å²) in [5.41, 5.74) is 3.99. The Labute approximate surface area is 224 Å². The molecule has 2 aromatic carbocycles. The zero-order valence-electron chi connectivity index (χ0n) is 20.8. The van der Waals surface area contributed by atoms with Crippen LogP contribution >= 0.6 is 23.2 Å². The van der Waals surface area contributed by atoms with Crippen molar-refractivity contribution in [2.75, 3.05) is 13.2 Å². The van der Waals surface area contributed by atoms with E-state index >= 15 is 0 Å². The van der Waals surface area contributed by atoms with Crippen molar-refractivity contribution in [3.63, 3.8) is 0 Å². The Balaban J connectivity index is 1.37. The highest BCUT2D eigenvalue weighted by Gasteiger charge is 2.24. The lowest BCUT2D eigenvalue weighted by Crippen LogP contribution is -2.45. The highest BCUT2D eigenvalue weighted by atomic mass is 35.5. The number of benzene rings is 2. The molecule has 1 aliphatic rings. The Morgan fingerprint density at radius 3 is 1.89 bits per heavy atom. The van der Waals surface area contributed by atoms with Gasteiger partial charge in [-0.25, -0.2) is 0 Å². The maximum Gasteiger partial charge on any atom is 0.258 e. The maximum absolute atomic E-state index is 12.4. The zero-order chi connectivity index (χ0) is 26.1. The van der Waals surface area contributed by atoms with E-state index < -0.39 is 8.07 Å². The van der Waals surface area contributed by atoms with E-state index in [9.17, 15) is 9.59 Å². The van der Waals surface area contributed by atoms with Crippen LogP contribution in [0.2, 0.25) is 29.7 Å². The third-order valence-corrected chi connectivity index (χ3v) is 6.98. The fourth-order valence-electron chi connectivity index (χ4n) is 3.69. The van der Waals surface area contributed by atoms with Crippen molar-refractivity contribution in [2.24, 2.45) is 0 Å². The zero-order valence-corrected chi connectivity index (χ0v) is 23.3. The largest absolute Gasteiger partial charge is 0.484 e. The second-order valence-corrected chi connectivity index (χ2v) is 15.5. The minimum absolute atomic E-state index is 0.0498. The molecular formula is C27H32Cl2N2O4Si. The number of hydrogen-bond donors (Lipinski definition) is 2. The molecule has 6 nitrogen and oxygen atoms in total. The van der Waals surface area contributed by atoms with Crippen molar-refractivity contribution in [1.29, 1.82) is 0 Å². The Morgan fingerprint density at radius 2 is 1.36 bits per heavy atom. The van der Waals surface area contributed by atoms with Gasteiger partial charge in [0.15, 0.2) is 13.2 Å². The summed E-state index contributed by atoms with van der Waals surface area (Å²) >= 11 is 12.1. The molecule has 2 amide bonds. The summed E-state index contributed by atoms with van der Waals surface area (Å²) in [5.74, 6) is 3.95. The van der Waals surface area contributed by atoms with Crippen molar-refractivity contribution in [3.8, 4) is 23.0 Å². The topological polar surface area (TPSA) is 76.7 Å². The first kappa shape index (κ1) is 27.9. The molecule has 0 spiro atoms. The van der Waals surface area contributed by atoms with Crippen LogP contribution in [0.1, 0.15) is 31.2 Å². The monoisotopic (exact) mass is 546 g/mol. The molecule has 2 N–H and O–H groups in total. The summed E-state index contributed by atoms with van der Waals surface area (Å²) in [6, 6.07) is 12.2. The number of halogens is 2. The molecule has 9 heteroatoms. The third kappa shape index (κ3) is 9.77.